The van der Waals surface area contributed by atoms with Crippen molar-refractivity contribution in [1.82, 2.24) is 15.5 Å². The molecule has 20 heavy (non-hydrogen) atoms. The molecule has 1 saturated carbocycles. The van der Waals surface area contributed by atoms with Crippen LogP contribution in [0.5, 0.6) is 0 Å². The van der Waals surface area contributed by atoms with Gasteiger partial charge in [-0.25, -0.2) is 0 Å². The molecular weight excluding hydrogens is 258 g/mol. The molecule has 2 rings (SSSR count). The molecule has 0 spiro atoms. The van der Waals surface area contributed by atoms with E-state index < -0.39 is 11.4 Å². The Balaban J connectivity index is 1.93. The maximum absolute atomic E-state index is 12.0. The predicted octanol–water partition coefficient (Wildman–Crippen LogP) is 1.84. The van der Waals surface area contributed by atoms with Gasteiger partial charge in [0.25, 0.3) is 0 Å². The molecule has 0 aromatic carbocycles. The summed E-state index contributed by atoms with van der Waals surface area (Å²) in [5.41, 5.74) is 0.000329. The van der Waals surface area contributed by atoms with Crippen molar-refractivity contribution in [3.8, 4) is 0 Å². The number of aromatic nitrogens is 2. The maximum atomic E-state index is 12.0. The number of nitrogens with zero attached hydrogens (tertiary/aromatic N) is 1. The lowest BCUT2D eigenvalue weighted by Crippen LogP contribution is -2.37. The molecule has 1 aliphatic carbocycles. The highest BCUT2D eigenvalue weighted by Crippen LogP contribution is 2.38. The molecular formula is C14H21N3O3. The number of H-pyrrole nitrogens is 1. The number of nitrogens with one attached hydrogen (secondary N) is 2. The van der Waals surface area contributed by atoms with Crippen LogP contribution in [0.4, 0.5) is 0 Å². The van der Waals surface area contributed by atoms with E-state index in [1.165, 1.54) is 0 Å². The van der Waals surface area contributed by atoms with E-state index in [-0.39, 0.29) is 12.3 Å². The first-order chi connectivity index (χ1) is 9.62. The van der Waals surface area contributed by atoms with E-state index in [1.54, 1.807) is 12.4 Å². The first-order valence-electron chi connectivity index (χ1n) is 7.10. The topological polar surface area (TPSA) is 95.1 Å². The van der Waals surface area contributed by atoms with Gasteiger partial charge in [0.2, 0.25) is 5.91 Å². The van der Waals surface area contributed by atoms with Gasteiger partial charge in [-0.2, -0.15) is 5.10 Å². The molecule has 1 heterocycles. The van der Waals surface area contributed by atoms with Crippen molar-refractivity contribution in [3.63, 3.8) is 0 Å². The number of hydrogen-bond donors (Lipinski definition) is 3. The van der Waals surface area contributed by atoms with Gasteiger partial charge in [-0.1, -0.05) is 25.7 Å². The number of rotatable bonds is 5. The fourth-order valence-electron chi connectivity index (χ4n) is 2.82. The Bertz CT molecular complexity index is 448. The van der Waals surface area contributed by atoms with Gasteiger partial charge >= 0.3 is 5.97 Å². The Morgan fingerprint density at radius 2 is 2.00 bits per heavy atom. The number of carbonyl (C=O) groups is 2. The van der Waals surface area contributed by atoms with Gasteiger partial charge in [0.05, 0.1) is 11.6 Å². The second kappa shape index (κ2) is 6.54. The quantitative estimate of drug-likeness (QED) is 0.717. The molecule has 1 aliphatic rings. The molecule has 1 aromatic rings. The van der Waals surface area contributed by atoms with E-state index >= 15 is 0 Å². The molecule has 110 valence electrons. The number of carbonyl (C=O) groups excluding carboxylic acids is 1. The monoisotopic (exact) mass is 279 g/mol. The Kier molecular flexibility index (Phi) is 4.76. The summed E-state index contributed by atoms with van der Waals surface area (Å²) < 4.78 is 0. The smallest absolute Gasteiger partial charge is 0.310 e. The molecule has 0 aliphatic heterocycles. The van der Waals surface area contributed by atoms with E-state index in [2.05, 4.69) is 15.5 Å². The second-order valence-corrected chi connectivity index (χ2v) is 5.56. The minimum absolute atomic E-state index is 0.0696. The molecule has 0 saturated heterocycles. The van der Waals surface area contributed by atoms with Crippen LogP contribution in [0, 0.1) is 5.41 Å². The zero-order valence-electron chi connectivity index (χ0n) is 11.5. The van der Waals surface area contributed by atoms with Gasteiger partial charge in [-0.3, -0.25) is 14.7 Å². The van der Waals surface area contributed by atoms with Crippen molar-refractivity contribution >= 4 is 11.9 Å². The minimum Gasteiger partial charge on any atom is -0.481 e. The highest BCUT2D eigenvalue weighted by Gasteiger charge is 2.40. The molecule has 1 fully saturated rings. The molecule has 6 heteroatoms. The van der Waals surface area contributed by atoms with Gasteiger partial charge < -0.3 is 10.4 Å². The molecule has 1 amide bonds. The predicted molar refractivity (Wildman–Crippen MR) is 72.8 cm³/mol. The van der Waals surface area contributed by atoms with Gasteiger partial charge in [-0.15, -0.1) is 0 Å². The summed E-state index contributed by atoms with van der Waals surface area (Å²) >= 11 is 0. The molecule has 6 nitrogen and oxygen atoms in total. The summed E-state index contributed by atoms with van der Waals surface area (Å²) in [6.07, 6.45) is 8.51. The Morgan fingerprint density at radius 3 is 2.55 bits per heavy atom. The zero-order valence-corrected chi connectivity index (χ0v) is 11.5. The summed E-state index contributed by atoms with van der Waals surface area (Å²) in [5.74, 6) is -1.03. The van der Waals surface area contributed by atoms with Crippen molar-refractivity contribution in [1.29, 1.82) is 0 Å². The lowest BCUT2D eigenvalue weighted by Gasteiger charge is -2.27. The fraction of sp³-hybridized carbons (Fsp3) is 0.643. The summed E-state index contributed by atoms with van der Waals surface area (Å²) in [5, 5.41) is 18.8. The SMILES string of the molecule is O=C(CC1(C(=O)O)CCCCCC1)NCc1cn[nH]c1. The largest absolute Gasteiger partial charge is 0.481 e. The van der Waals surface area contributed by atoms with Crippen LogP contribution >= 0.6 is 0 Å². The van der Waals surface area contributed by atoms with E-state index in [4.69, 9.17) is 0 Å². The molecule has 0 atom stereocenters. The highest BCUT2D eigenvalue weighted by atomic mass is 16.4. The third-order valence-electron chi connectivity index (χ3n) is 4.06. The first-order valence-corrected chi connectivity index (χ1v) is 7.10. The highest BCUT2D eigenvalue weighted by molar-refractivity contribution is 5.85. The third-order valence-corrected chi connectivity index (χ3v) is 4.06. The summed E-state index contributed by atoms with van der Waals surface area (Å²) in [4.78, 5) is 23.6. The number of amides is 1. The average molecular weight is 279 g/mol. The molecule has 3 N–H and O–H groups in total. The van der Waals surface area contributed by atoms with Gasteiger partial charge in [-0.05, 0) is 12.8 Å². The lowest BCUT2D eigenvalue weighted by atomic mass is 9.77. The van der Waals surface area contributed by atoms with Crippen LogP contribution in [-0.4, -0.2) is 27.2 Å². The van der Waals surface area contributed by atoms with Crippen LogP contribution in [0.2, 0.25) is 0 Å². The molecule has 0 unspecified atom stereocenters. The zero-order chi connectivity index (χ0) is 14.4. The minimum atomic E-state index is -0.878. The van der Waals surface area contributed by atoms with Crippen molar-refractivity contribution in [2.24, 2.45) is 5.41 Å². The average Bonchev–Trinajstić information content (AvgIpc) is 2.82. The summed E-state index contributed by atoms with van der Waals surface area (Å²) in [6, 6.07) is 0. The van der Waals surface area contributed by atoms with E-state index in [0.717, 1.165) is 31.2 Å². The normalized spacial score (nSPS) is 18.2. The first kappa shape index (κ1) is 14.6. The molecule has 0 bridgehead atoms. The van der Waals surface area contributed by atoms with Gasteiger partial charge in [0.15, 0.2) is 0 Å². The van der Waals surface area contributed by atoms with Crippen molar-refractivity contribution in [3.05, 3.63) is 18.0 Å². The van der Waals surface area contributed by atoms with Gasteiger partial charge in [0, 0.05) is 24.7 Å². The second-order valence-electron chi connectivity index (χ2n) is 5.56. The third kappa shape index (κ3) is 3.59. The van der Waals surface area contributed by atoms with Crippen LogP contribution in [0.15, 0.2) is 12.4 Å². The number of aromatic amines is 1. The number of carboxylic acid groups (broad SMARTS) is 1. The van der Waals surface area contributed by atoms with Crippen LogP contribution < -0.4 is 5.32 Å². The van der Waals surface area contributed by atoms with Crippen molar-refractivity contribution in [2.45, 2.75) is 51.5 Å². The molecule has 1 aromatic heterocycles. The standard InChI is InChI=1S/C14H21N3O3/c18-12(15-8-11-9-16-17-10-11)7-14(13(19)20)5-3-1-2-4-6-14/h9-10H,1-8H2,(H,15,18)(H,16,17)(H,19,20). The Hall–Kier alpha value is -1.85. The van der Waals surface area contributed by atoms with Crippen LogP contribution in [0.1, 0.15) is 50.5 Å². The Morgan fingerprint density at radius 1 is 1.30 bits per heavy atom. The van der Waals surface area contributed by atoms with Crippen molar-refractivity contribution < 1.29 is 14.7 Å². The number of aliphatic carboxylic acids is 1. The van der Waals surface area contributed by atoms with E-state index in [9.17, 15) is 14.7 Å². The summed E-state index contributed by atoms with van der Waals surface area (Å²) in [7, 11) is 0. The van der Waals surface area contributed by atoms with E-state index in [0.29, 0.717) is 19.4 Å². The van der Waals surface area contributed by atoms with Crippen LogP contribution in [-0.2, 0) is 16.1 Å². The van der Waals surface area contributed by atoms with Crippen LogP contribution in [0.3, 0.4) is 0 Å². The molecule has 0 radical (unpaired) electrons. The van der Waals surface area contributed by atoms with Crippen molar-refractivity contribution in [2.75, 3.05) is 0 Å². The lowest BCUT2D eigenvalue weighted by molar-refractivity contribution is -0.152. The van der Waals surface area contributed by atoms with E-state index in [1.807, 2.05) is 0 Å². The fourth-order valence-corrected chi connectivity index (χ4v) is 2.82. The number of hydrogen-bond acceptors (Lipinski definition) is 3. The van der Waals surface area contributed by atoms with Crippen LogP contribution in [0.25, 0.3) is 0 Å². The maximum Gasteiger partial charge on any atom is 0.310 e. The van der Waals surface area contributed by atoms with Gasteiger partial charge in [0.1, 0.15) is 0 Å². The number of carboxylic acids is 1. The summed E-state index contributed by atoms with van der Waals surface area (Å²) in [6.45, 7) is 0.380. The Labute approximate surface area is 118 Å².